The van der Waals surface area contributed by atoms with Crippen LogP contribution in [0.2, 0.25) is 0 Å². The van der Waals surface area contributed by atoms with E-state index in [1.165, 1.54) is 11.3 Å². The molecule has 136 valence electrons. The Morgan fingerprint density at radius 1 is 1.60 bits per heavy atom. The summed E-state index contributed by atoms with van der Waals surface area (Å²) in [7, 11) is 0. The van der Waals surface area contributed by atoms with Gasteiger partial charge in [0.05, 0.1) is 10.6 Å². The van der Waals surface area contributed by atoms with E-state index in [0.29, 0.717) is 28.9 Å². The number of anilines is 1. The van der Waals surface area contributed by atoms with Crippen LogP contribution >= 0.6 is 23.6 Å². The molecule has 1 atom stereocenters. The Morgan fingerprint density at radius 2 is 2.36 bits per heavy atom. The number of aromatic nitrogens is 4. The first-order valence-corrected chi connectivity index (χ1v) is 9.36. The van der Waals surface area contributed by atoms with E-state index in [0.717, 1.165) is 23.4 Å². The predicted octanol–water partition coefficient (Wildman–Crippen LogP) is 3.70. The second-order valence-corrected chi connectivity index (χ2v) is 6.93. The fraction of sp³-hybridized carbons (Fsp3) is 0.500. The molecule has 2 aromatic rings. The molecule has 0 fully saturated rings. The maximum Gasteiger partial charge on any atom is 0.254 e. The number of carbonyl (C=O) groups is 1. The molecular weight excluding hydrogens is 358 g/mol. The second-order valence-electron chi connectivity index (χ2n) is 5.54. The van der Waals surface area contributed by atoms with E-state index in [1.807, 2.05) is 11.5 Å². The molecule has 0 aliphatic heterocycles. The first kappa shape index (κ1) is 19.5. The van der Waals surface area contributed by atoms with Gasteiger partial charge >= 0.3 is 0 Å². The Kier molecular flexibility index (Phi) is 7.03. The largest absolute Gasteiger partial charge is 0.369 e. The molecule has 0 saturated heterocycles. The van der Waals surface area contributed by atoms with E-state index in [2.05, 4.69) is 34.0 Å². The number of aryl methyl sites for hydroxylation is 1. The number of hydrogen-bond donors (Lipinski definition) is 2. The van der Waals surface area contributed by atoms with Crippen LogP contribution in [0.1, 0.15) is 32.4 Å². The number of allylic oxidation sites excluding steroid dienone is 1. The minimum absolute atomic E-state index is 0.207. The van der Waals surface area contributed by atoms with Crippen molar-refractivity contribution >= 4 is 34.6 Å². The van der Waals surface area contributed by atoms with E-state index in [1.54, 1.807) is 13.0 Å². The molecular formula is C16H23N5O2S2. The third kappa shape index (κ3) is 4.83. The fourth-order valence-corrected chi connectivity index (χ4v) is 3.31. The standard InChI is InChI=1S/C16H23N5O2S2/c1-5-7-9-23-11(4)14(22)18-15-17-10(3)12(25-15)13-19-20-16(24)21(13)8-6-2/h6,11H,2,5,7-9H2,1,3-4H3,(H,20,24)(H,17,18,22). The van der Waals surface area contributed by atoms with E-state index in [4.69, 9.17) is 17.0 Å². The number of aromatic amines is 1. The quantitative estimate of drug-likeness (QED) is 0.393. The van der Waals surface area contributed by atoms with Gasteiger partial charge in [0.15, 0.2) is 15.7 Å². The van der Waals surface area contributed by atoms with E-state index < -0.39 is 6.10 Å². The van der Waals surface area contributed by atoms with Crippen molar-refractivity contribution in [2.45, 2.75) is 46.3 Å². The smallest absolute Gasteiger partial charge is 0.254 e. The van der Waals surface area contributed by atoms with Gasteiger partial charge in [-0.2, -0.15) is 5.10 Å². The zero-order valence-corrected chi connectivity index (χ0v) is 16.3. The van der Waals surface area contributed by atoms with Crippen molar-refractivity contribution in [3.63, 3.8) is 0 Å². The Bertz CT molecular complexity index is 793. The first-order chi connectivity index (χ1) is 12.0. The predicted molar refractivity (Wildman–Crippen MR) is 102 cm³/mol. The van der Waals surface area contributed by atoms with Crippen molar-refractivity contribution in [3.05, 3.63) is 23.1 Å². The summed E-state index contributed by atoms with van der Waals surface area (Å²) in [6.07, 6.45) is 3.20. The number of carbonyl (C=O) groups excluding carboxylic acids is 1. The highest BCUT2D eigenvalue weighted by molar-refractivity contribution is 7.71. The van der Waals surface area contributed by atoms with Gasteiger partial charge in [0.2, 0.25) is 0 Å². The minimum atomic E-state index is -0.519. The van der Waals surface area contributed by atoms with Gasteiger partial charge in [0.1, 0.15) is 6.10 Å². The van der Waals surface area contributed by atoms with Crippen molar-refractivity contribution in [1.82, 2.24) is 19.7 Å². The van der Waals surface area contributed by atoms with Crippen LogP contribution in [0.4, 0.5) is 5.13 Å². The van der Waals surface area contributed by atoms with Crippen LogP contribution in [-0.4, -0.2) is 38.4 Å². The Labute approximate surface area is 156 Å². The number of nitrogens with zero attached hydrogens (tertiary/aromatic N) is 3. The van der Waals surface area contributed by atoms with E-state index in [-0.39, 0.29) is 5.91 Å². The Hall–Kier alpha value is -1.84. The maximum atomic E-state index is 12.2. The molecule has 7 nitrogen and oxygen atoms in total. The van der Waals surface area contributed by atoms with E-state index in [9.17, 15) is 4.79 Å². The molecule has 25 heavy (non-hydrogen) atoms. The van der Waals surface area contributed by atoms with Crippen molar-refractivity contribution in [2.75, 3.05) is 11.9 Å². The van der Waals surface area contributed by atoms with Crippen LogP contribution < -0.4 is 5.32 Å². The monoisotopic (exact) mass is 381 g/mol. The number of nitrogens with one attached hydrogen (secondary N) is 2. The number of thiazole rings is 1. The highest BCUT2D eigenvalue weighted by Gasteiger charge is 2.19. The SMILES string of the molecule is C=CCn1c(-c2sc(NC(=O)C(C)OCCCC)nc2C)n[nH]c1=S. The number of hydrogen-bond acceptors (Lipinski definition) is 6. The lowest BCUT2D eigenvalue weighted by molar-refractivity contribution is -0.126. The zero-order valence-electron chi connectivity index (χ0n) is 14.7. The van der Waals surface area contributed by atoms with Crippen LogP contribution in [0.15, 0.2) is 12.7 Å². The molecule has 2 heterocycles. The highest BCUT2D eigenvalue weighted by atomic mass is 32.1. The summed E-state index contributed by atoms with van der Waals surface area (Å²) in [5.41, 5.74) is 0.777. The maximum absolute atomic E-state index is 12.2. The highest BCUT2D eigenvalue weighted by Crippen LogP contribution is 2.31. The van der Waals surface area contributed by atoms with E-state index >= 15 is 0 Å². The summed E-state index contributed by atoms with van der Waals surface area (Å²) < 4.78 is 7.87. The molecule has 2 aromatic heterocycles. The molecule has 1 unspecified atom stereocenters. The van der Waals surface area contributed by atoms with Crippen LogP contribution in [-0.2, 0) is 16.1 Å². The second kappa shape index (κ2) is 9.02. The van der Waals surface area contributed by atoms with Gasteiger partial charge < -0.3 is 4.74 Å². The van der Waals surface area contributed by atoms with Crippen LogP contribution in [0.3, 0.4) is 0 Å². The average Bonchev–Trinajstić information content (AvgIpc) is 3.11. The summed E-state index contributed by atoms with van der Waals surface area (Å²) in [6, 6.07) is 0. The fourth-order valence-electron chi connectivity index (χ4n) is 2.13. The van der Waals surface area contributed by atoms with Crippen molar-refractivity contribution in [2.24, 2.45) is 0 Å². The van der Waals surface area contributed by atoms with Gasteiger partial charge in [-0.1, -0.05) is 30.8 Å². The van der Waals surface area contributed by atoms with Crippen molar-refractivity contribution in [3.8, 4) is 10.7 Å². The number of unbranched alkanes of at least 4 members (excludes halogenated alkanes) is 1. The molecule has 1 amide bonds. The van der Waals surface area contributed by atoms with Gasteiger partial charge in [-0.15, -0.1) is 6.58 Å². The molecule has 0 saturated carbocycles. The number of amides is 1. The molecule has 0 spiro atoms. The summed E-state index contributed by atoms with van der Waals surface area (Å²) in [6.45, 7) is 10.5. The van der Waals surface area contributed by atoms with Crippen LogP contribution in [0.25, 0.3) is 10.7 Å². The molecule has 0 aliphatic carbocycles. The summed E-state index contributed by atoms with van der Waals surface area (Å²) in [4.78, 5) is 17.5. The molecule has 0 aromatic carbocycles. The summed E-state index contributed by atoms with van der Waals surface area (Å²) in [5, 5.41) is 10.4. The number of H-pyrrole nitrogens is 1. The van der Waals surface area contributed by atoms with Gasteiger partial charge in [0.25, 0.3) is 5.91 Å². The average molecular weight is 382 g/mol. The molecule has 9 heteroatoms. The summed E-state index contributed by atoms with van der Waals surface area (Å²) >= 11 is 6.60. The Morgan fingerprint density at radius 3 is 3.04 bits per heavy atom. The van der Waals surface area contributed by atoms with Crippen molar-refractivity contribution in [1.29, 1.82) is 0 Å². The molecule has 0 aliphatic rings. The van der Waals surface area contributed by atoms with Crippen molar-refractivity contribution < 1.29 is 9.53 Å². The first-order valence-electron chi connectivity index (χ1n) is 8.14. The third-order valence-electron chi connectivity index (χ3n) is 3.53. The Balaban J connectivity index is 2.14. The lowest BCUT2D eigenvalue weighted by Crippen LogP contribution is -2.28. The van der Waals surface area contributed by atoms with Gasteiger partial charge in [-0.25, -0.2) is 4.98 Å². The van der Waals surface area contributed by atoms with Crippen LogP contribution in [0, 0.1) is 11.7 Å². The molecule has 0 bridgehead atoms. The number of ether oxygens (including phenoxy) is 1. The molecule has 0 radical (unpaired) electrons. The number of rotatable bonds is 9. The minimum Gasteiger partial charge on any atom is -0.369 e. The normalized spacial score (nSPS) is 12.1. The lowest BCUT2D eigenvalue weighted by atomic mass is 10.3. The van der Waals surface area contributed by atoms with Gasteiger partial charge in [0, 0.05) is 13.2 Å². The summed E-state index contributed by atoms with van der Waals surface area (Å²) in [5.74, 6) is 0.481. The van der Waals surface area contributed by atoms with Gasteiger partial charge in [-0.3, -0.25) is 19.8 Å². The van der Waals surface area contributed by atoms with Gasteiger partial charge in [-0.05, 0) is 32.5 Å². The molecule has 2 N–H and O–H groups in total. The third-order valence-corrected chi connectivity index (χ3v) is 4.92. The lowest BCUT2D eigenvalue weighted by Gasteiger charge is -2.11. The molecule has 2 rings (SSSR count). The topological polar surface area (TPSA) is 84.8 Å². The van der Waals surface area contributed by atoms with Crippen LogP contribution in [0.5, 0.6) is 0 Å². The zero-order chi connectivity index (χ0) is 18.4.